The number of alkyl carbamates (subject to hydrolysis) is 1. The predicted molar refractivity (Wildman–Crippen MR) is 85.9 cm³/mol. The Morgan fingerprint density at radius 3 is 2.24 bits per heavy atom. The number of ether oxygens (including phenoxy) is 1. The first-order chi connectivity index (χ1) is 11.3. The quantitative estimate of drug-likeness (QED) is 0.841. The van der Waals surface area contributed by atoms with Crippen molar-refractivity contribution in [3.8, 4) is 0 Å². The Morgan fingerprint density at radius 1 is 1.24 bits per heavy atom. The summed E-state index contributed by atoms with van der Waals surface area (Å²) >= 11 is 0. The average molecular weight is 377 g/mol. The van der Waals surface area contributed by atoms with Crippen molar-refractivity contribution in [1.29, 1.82) is 0 Å². The molecule has 0 bridgehead atoms. The molecule has 0 radical (unpaired) electrons. The number of sulfone groups is 1. The maximum atomic E-state index is 14.5. The molecule has 2 N–H and O–H groups in total. The van der Waals surface area contributed by atoms with E-state index in [2.05, 4.69) is 5.32 Å². The van der Waals surface area contributed by atoms with Crippen molar-refractivity contribution in [3.63, 3.8) is 0 Å². The van der Waals surface area contributed by atoms with Crippen LogP contribution in [0.15, 0.2) is 35.2 Å². The zero-order chi connectivity index (χ0) is 19.1. The summed E-state index contributed by atoms with van der Waals surface area (Å²) in [7, 11) is -5.07. The lowest BCUT2D eigenvalue weighted by molar-refractivity contribution is -0.179. The second-order valence-corrected chi connectivity index (χ2v) is 9.11. The number of alkyl halides is 2. The van der Waals surface area contributed by atoms with Crippen molar-refractivity contribution in [2.24, 2.45) is 0 Å². The number of rotatable bonds is 4. The minimum absolute atomic E-state index is 0.572. The first kappa shape index (κ1) is 19.6. The zero-order valence-corrected chi connectivity index (χ0v) is 14.9. The fourth-order valence-corrected chi connectivity index (χ4v) is 4.05. The molecular formula is C16H21F2NO5S. The molecule has 0 aliphatic heterocycles. The third kappa shape index (κ3) is 3.77. The number of amides is 1. The Bertz CT molecular complexity index is 738. The molecule has 1 fully saturated rings. The SMILES string of the molecule is CC(C)(C)OC(=O)NC1CC(O)(C(F)(F)S(=O)(=O)c2ccccc2)C1. The van der Waals surface area contributed by atoms with E-state index >= 15 is 0 Å². The molecule has 1 aliphatic rings. The molecule has 140 valence electrons. The largest absolute Gasteiger partial charge is 0.444 e. The molecule has 1 aliphatic carbocycles. The minimum Gasteiger partial charge on any atom is -0.444 e. The number of hydrogen-bond acceptors (Lipinski definition) is 5. The van der Waals surface area contributed by atoms with Gasteiger partial charge in [-0.25, -0.2) is 13.2 Å². The number of halogens is 2. The van der Waals surface area contributed by atoms with Crippen LogP contribution in [-0.4, -0.2) is 42.1 Å². The van der Waals surface area contributed by atoms with Crippen LogP contribution in [0.2, 0.25) is 0 Å². The van der Waals surface area contributed by atoms with E-state index in [0.29, 0.717) is 0 Å². The van der Waals surface area contributed by atoms with Crippen LogP contribution in [0.3, 0.4) is 0 Å². The molecule has 1 saturated carbocycles. The van der Waals surface area contributed by atoms with Crippen LogP contribution in [0.25, 0.3) is 0 Å². The fourth-order valence-electron chi connectivity index (χ4n) is 2.57. The summed E-state index contributed by atoms with van der Waals surface area (Å²) in [5.74, 6) is 0. The van der Waals surface area contributed by atoms with Gasteiger partial charge in [-0.2, -0.15) is 8.78 Å². The van der Waals surface area contributed by atoms with Gasteiger partial charge in [0.05, 0.1) is 4.90 Å². The van der Waals surface area contributed by atoms with E-state index in [0.717, 1.165) is 12.1 Å². The Kier molecular flexibility index (Phi) is 4.86. The molecule has 0 spiro atoms. The second-order valence-electron chi connectivity index (χ2n) is 7.12. The Morgan fingerprint density at radius 2 is 1.76 bits per heavy atom. The van der Waals surface area contributed by atoms with Gasteiger partial charge in [0, 0.05) is 18.9 Å². The lowest BCUT2D eigenvalue weighted by atomic mass is 9.75. The van der Waals surface area contributed by atoms with Crippen LogP contribution in [0, 0.1) is 0 Å². The Balaban J connectivity index is 2.08. The third-order valence-electron chi connectivity index (χ3n) is 3.82. The highest BCUT2D eigenvalue weighted by atomic mass is 32.2. The van der Waals surface area contributed by atoms with Crippen molar-refractivity contribution in [2.45, 2.75) is 61.0 Å². The molecule has 25 heavy (non-hydrogen) atoms. The average Bonchev–Trinajstić information content (AvgIpc) is 2.44. The summed E-state index contributed by atoms with van der Waals surface area (Å²) < 4.78 is 58.4. The monoisotopic (exact) mass is 377 g/mol. The molecule has 0 heterocycles. The van der Waals surface area contributed by atoms with Crippen LogP contribution in [0.5, 0.6) is 0 Å². The van der Waals surface area contributed by atoms with Crippen LogP contribution in [0.1, 0.15) is 33.6 Å². The second kappa shape index (κ2) is 6.21. The molecule has 6 nitrogen and oxygen atoms in total. The molecular weight excluding hydrogens is 356 g/mol. The summed E-state index contributed by atoms with van der Waals surface area (Å²) in [5, 5.41) is 8.09. The highest BCUT2D eigenvalue weighted by Gasteiger charge is 2.67. The molecule has 0 aromatic heterocycles. The Labute approximate surface area is 145 Å². The van der Waals surface area contributed by atoms with Gasteiger partial charge >= 0.3 is 11.3 Å². The molecule has 2 rings (SSSR count). The van der Waals surface area contributed by atoms with E-state index in [1.807, 2.05) is 0 Å². The van der Waals surface area contributed by atoms with Gasteiger partial charge in [-0.1, -0.05) is 18.2 Å². The first-order valence-electron chi connectivity index (χ1n) is 7.68. The van der Waals surface area contributed by atoms with E-state index in [-0.39, 0.29) is 0 Å². The summed E-state index contributed by atoms with van der Waals surface area (Å²) in [6.07, 6.45) is -2.00. The number of benzene rings is 1. The van der Waals surface area contributed by atoms with Gasteiger partial charge in [0.15, 0.2) is 0 Å². The summed E-state index contributed by atoms with van der Waals surface area (Å²) in [5.41, 5.74) is -3.51. The topological polar surface area (TPSA) is 92.7 Å². The van der Waals surface area contributed by atoms with Gasteiger partial charge in [0.25, 0.3) is 0 Å². The van der Waals surface area contributed by atoms with Gasteiger partial charge in [0.2, 0.25) is 9.84 Å². The van der Waals surface area contributed by atoms with Crippen molar-refractivity contribution < 1.29 is 31.8 Å². The minimum atomic E-state index is -5.07. The van der Waals surface area contributed by atoms with Crippen LogP contribution in [0.4, 0.5) is 13.6 Å². The molecule has 0 unspecified atom stereocenters. The summed E-state index contributed by atoms with van der Waals surface area (Å²) in [6, 6.07) is 5.43. The molecule has 1 amide bonds. The molecule has 1 aromatic carbocycles. The van der Waals surface area contributed by atoms with E-state index in [1.54, 1.807) is 20.8 Å². The van der Waals surface area contributed by atoms with Crippen molar-refractivity contribution in [3.05, 3.63) is 30.3 Å². The zero-order valence-electron chi connectivity index (χ0n) is 14.1. The number of hydrogen-bond donors (Lipinski definition) is 2. The normalized spacial score (nSPS) is 24.3. The van der Waals surface area contributed by atoms with Gasteiger partial charge in [-0.05, 0) is 32.9 Å². The predicted octanol–water partition coefficient (Wildman–Crippen LogP) is 2.47. The van der Waals surface area contributed by atoms with Gasteiger partial charge in [0.1, 0.15) is 11.2 Å². The summed E-state index contributed by atoms with van der Waals surface area (Å²) in [4.78, 5) is 11.0. The molecule has 1 aromatic rings. The van der Waals surface area contributed by atoms with E-state index in [9.17, 15) is 27.1 Å². The standard InChI is InChI=1S/C16H21F2NO5S/c1-14(2,3)24-13(20)19-11-9-15(21,10-11)16(17,18)25(22,23)12-7-5-4-6-8-12/h4-8,11,21H,9-10H2,1-3H3,(H,19,20). The lowest BCUT2D eigenvalue weighted by Gasteiger charge is -2.47. The number of nitrogens with one attached hydrogen (secondary N) is 1. The van der Waals surface area contributed by atoms with E-state index < -0.39 is 56.2 Å². The van der Waals surface area contributed by atoms with E-state index in [1.165, 1.54) is 18.2 Å². The van der Waals surface area contributed by atoms with Crippen LogP contribution < -0.4 is 5.32 Å². The van der Waals surface area contributed by atoms with Gasteiger partial charge < -0.3 is 15.2 Å². The maximum Gasteiger partial charge on any atom is 0.407 e. The van der Waals surface area contributed by atoms with E-state index in [4.69, 9.17) is 4.74 Å². The number of aliphatic hydroxyl groups is 1. The molecule has 9 heteroatoms. The van der Waals surface area contributed by atoms with Crippen molar-refractivity contribution in [1.82, 2.24) is 5.32 Å². The Hall–Kier alpha value is -1.74. The maximum absolute atomic E-state index is 14.5. The fraction of sp³-hybridized carbons (Fsp3) is 0.562. The molecule has 0 saturated heterocycles. The highest BCUT2D eigenvalue weighted by molar-refractivity contribution is 7.92. The number of carbonyl (C=O) groups excluding carboxylic acids is 1. The van der Waals surface area contributed by atoms with Gasteiger partial charge in [-0.3, -0.25) is 0 Å². The van der Waals surface area contributed by atoms with Gasteiger partial charge in [-0.15, -0.1) is 0 Å². The summed E-state index contributed by atoms with van der Waals surface area (Å²) in [6.45, 7) is 4.93. The lowest BCUT2D eigenvalue weighted by Crippen LogP contribution is -2.65. The van der Waals surface area contributed by atoms with Crippen molar-refractivity contribution >= 4 is 15.9 Å². The highest BCUT2D eigenvalue weighted by Crippen LogP contribution is 2.49. The number of carbonyl (C=O) groups is 1. The smallest absolute Gasteiger partial charge is 0.407 e. The third-order valence-corrected chi connectivity index (χ3v) is 5.77. The molecule has 0 atom stereocenters. The van der Waals surface area contributed by atoms with Crippen molar-refractivity contribution in [2.75, 3.05) is 0 Å². The van der Waals surface area contributed by atoms with Crippen LogP contribution >= 0.6 is 0 Å². The first-order valence-corrected chi connectivity index (χ1v) is 9.16. The van der Waals surface area contributed by atoms with Crippen LogP contribution in [-0.2, 0) is 14.6 Å².